The highest BCUT2D eigenvalue weighted by atomic mass is 35.5. The second-order valence-corrected chi connectivity index (χ2v) is 8.67. The molecule has 5 rings (SSSR count). The van der Waals surface area contributed by atoms with Crippen molar-refractivity contribution in [2.45, 2.75) is 18.9 Å². The van der Waals surface area contributed by atoms with Crippen LogP contribution in [0.25, 0.3) is 11.1 Å². The molecule has 0 aromatic heterocycles. The zero-order valence-electron chi connectivity index (χ0n) is 17.6. The normalized spacial score (nSPS) is 20.1. The number of ether oxygens (including phenoxy) is 1. The summed E-state index contributed by atoms with van der Waals surface area (Å²) in [5.41, 5.74) is 2.71. The highest BCUT2D eigenvalue weighted by molar-refractivity contribution is 6.36. The van der Waals surface area contributed by atoms with Gasteiger partial charge in [0.05, 0.1) is 30.5 Å². The summed E-state index contributed by atoms with van der Waals surface area (Å²) >= 11 is 6.69. The predicted octanol–water partition coefficient (Wildman–Crippen LogP) is 3.48. The maximum Gasteiger partial charge on any atom is 0.328 e. The third-order valence-electron chi connectivity index (χ3n) is 6.30. The van der Waals surface area contributed by atoms with Gasteiger partial charge in [-0.15, -0.1) is 0 Å². The van der Waals surface area contributed by atoms with Crippen molar-refractivity contribution in [2.24, 2.45) is 0 Å². The Morgan fingerprint density at radius 3 is 2.47 bits per heavy atom. The molecule has 166 valence electrons. The highest BCUT2D eigenvalue weighted by Crippen LogP contribution is 2.40. The van der Waals surface area contributed by atoms with E-state index in [9.17, 15) is 14.4 Å². The topological polar surface area (TPSA) is 82.2 Å². The average Bonchev–Trinajstić information content (AvgIpc) is 3.07. The van der Waals surface area contributed by atoms with Gasteiger partial charge >= 0.3 is 12.1 Å². The molecule has 3 fully saturated rings. The minimum atomic E-state index is -0.475. The second kappa shape index (κ2) is 7.79. The number of amides is 5. The first-order chi connectivity index (χ1) is 15.4. The maximum atomic E-state index is 12.9. The highest BCUT2D eigenvalue weighted by Gasteiger charge is 2.54. The van der Waals surface area contributed by atoms with Gasteiger partial charge in [-0.1, -0.05) is 35.9 Å². The lowest BCUT2D eigenvalue weighted by molar-refractivity contribution is -0.120. The van der Waals surface area contributed by atoms with E-state index in [1.165, 1.54) is 4.90 Å². The summed E-state index contributed by atoms with van der Waals surface area (Å²) in [6, 6.07) is 12.7. The van der Waals surface area contributed by atoms with E-state index in [4.69, 9.17) is 16.3 Å². The van der Waals surface area contributed by atoms with Gasteiger partial charge in [0.25, 0.3) is 0 Å². The number of carbonyl (C=O) groups is 3. The van der Waals surface area contributed by atoms with Crippen LogP contribution in [0.4, 0.5) is 21.0 Å². The van der Waals surface area contributed by atoms with Gasteiger partial charge < -0.3 is 9.64 Å². The summed E-state index contributed by atoms with van der Waals surface area (Å²) in [5.74, 6) is -0.290. The zero-order chi connectivity index (χ0) is 22.5. The van der Waals surface area contributed by atoms with Gasteiger partial charge in [0, 0.05) is 30.8 Å². The van der Waals surface area contributed by atoms with Crippen LogP contribution in [0.2, 0.25) is 5.02 Å². The Balaban J connectivity index is 1.44. The van der Waals surface area contributed by atoms with E-state index in [1.54, 1.807) is 6.07 Å². The average molecular weight is 455 g/mol. The number of imide groups is 1. The first kappa shape index (κ1) is 20.8. The van der Waals surface area contributed by atoms with Crippen molar-refractivity contribution < 1.29 is 19.1 Å². The molecule has 2 aromatic carbocycles. The molecule has 2 aromatic rings. The van der Waals surface area contributed by atoms with E-state index in [-0.39, 0.29) is 30.4 Å². The molecule has 0 radical (unpaired) electrons. The molecular weight excluding hydrogens is 432 g/mol. The number of nitrogens with one attached hydrogen (secondary N) is 1. The van der Waals surface area contributed by atoms with Crippen LogP contribution in [0.15, 0.2) is 42.5 Å². The number of anilines is 2. The number of urea groups is 2. The van der Waals surface area contributed by atoms with Gasteiger partial charge in [-0.2, -0.15) is 0 Å². The van der Waals surface area contributed by atoms with Gasteiger partial charge in [-0.3, -0.25) is 19.9 Å². The minimum Gasteiger partial charge on any atom is -0.376 e. The molecule has 0 unspecified atom stereocenters. The van der Waals surface area contributed by atoms with E-state index >= 15 is 0 Å². The molecule has 0 aliphatic carbocycles. The van der Waals surface area contributed by atoms with Gasteiger partial charge in [0.2, 0.25) is 5.91 Å². The second-order valence-electron chi connectivity index (χ2n) is 8.29. The molecule has 8 nitrogen and oxygen atoms in total. The van der Waals surface area contributed by atoms with E-state index in [1.807, 2.05) is 53.1 Å². The number of likely N-dealkylation sites (N-methyl/N-ethyl adjacent to an activating group) is 1. The lowest BCUT2D eigenvalue weighted by Crippen LogP contribution is -2.61. The fourth-order valence-corrected chi connectivity index (χ4v) is 4.90. The van der Waals surface area contributed by atoms with Crippen LogP contribution in [-0.4, -0.2) is 61.3 Å². The van der Waals surface area contributed by atoms with Crippen molar-refractivity contribution in [2.75, 3.05) is 42.6 Å². The molecule has 0 atom stereocenters. The van der Waals surface area contributed by atoms with Crippen LogP contribution >= 0.6 is 11.6 Å². The molecule has 1 N–H and O–H groups in total. The monoisotopic (exact) mass is 454 g/mol. The molecule has 1 spiro atoms. The molecule has 3 saturated heterocycles. The molecule has 5 amide bonds. The molecule has 3 aliphatic rings. The van der Waals surface area contributed by atoms with Crippen molar-refractivity contribution in [3.63, 3.8) is 0 Å². The third kappa shape index (κ3) is 3.22. The van der Waals surface area contributed by atoms with Crippen LogP contribution in [0.3, 0.4) is 0 Å². The van der Waals surface area contributed by atoms with Gasteiger partial charge in [0.15, 0.2) is 0 Å². The summed E-state index contributed by atoms with van der Waals surface area (Å²) in [7, 11) is 0. The number of carbonyl (C=O) groups excluding carboxylic acids is 3. The Bertz CT molecular complexity index is 1100. The smallest absolute Gasteiger partial charge is 0.328 e. The van der Waals surface area contributed by atoms with Crippen molar-refractivity contribution in [3.05, 3.63) is 47.5 Å². The van der Waals surface area contributed by atoms with Crippen molar-refractivity contribution in [3.8, 4) is 11.1 Å². The van der Waals surface area contributed by atoms with Gasteiger partial charge in [0.1, 0.15) is 5.54 Å². The standard InChI is InChI=1S/C23H23ClN4O4/c1-2-26-12-23(13-32-14-23)28(22(26)31)16-8-6-15(7-9-16)17-4-3-5-18(20(17)24)27-11-10-19(29)25-21(27)30/h3-9H,2,10-14H2,1H3,(H,25,29,30). The lowest BCUT2D eigenvalue weighted by atomic mass is 9.95. The van der Waals surface area contributed by atoms with E-state index in [2.05, 4.69) is 5.32 Å². The Labute approximate surface area is 190 Å². The first-order valence-corrected chi connectivity index (χ1v) is 11.0. The number of halogens is 1. The van der Waals surface area contributed by atoms with Crippen molar-refractivity contribution >= 4 is 40.9 Å². The van der Waals surface area contributed by atoms with E-state index in [0.717, 1.165) is 16.8 Å². The number of nitrogens with zero attached hydrogens (tertiary/aromatic N) is 3. The predicted molar refractivity (Wildman–Crippen MR) is 121 cm³/mol. The molecule has 0 saturated carbocycles. The van der Waals surface area contributed by atoms with Crippen LogP contribution in [0, 0.1) is 0 Å². The molecule has 0 bridgehead atoms. The summed E-state index contributed by atoms with van der Waals surface area (Å²) in [4.78, 5) is 41.8. The molecular formula is C23H23ClN4O4. The third-order valence-corrected chi connectivity index (χ3v) is 6.70. The Morgan fingerprint density at radius 1 is 1.09 bits per heavy atom. The Morgan fingerprint density at radius 2 is 1.84 bits per heavy atom. The largest absolute Gasteiger partial charge is 0.376 e. The van der Waals surface area contributed by atoms with Gasteiger partial charge in [-0.05, 0) is 30.7 Å². The van der Waals surface area contributed by atoms with Crippen LogP contribution < -0.4 is 15.1 Å². The molecule has 32 heavy (non-hydrogen) atoms. The van der Waals surface area contributed by atoms with Crippen molar-refractivity contribution in [1.29, 1.82) is 0 Å². The number of rotatable bonds is 4. The quantitative estimate of drug-likeness (QED) is 0.766. The van der Waals surface area contributed by atoms with Crippen molar-refractivity contribution in [1.82, 2.24) is 10.2 Å². The molecule has 3 aliphatic heterocycles. The number of hydrogen-bond donors (Lipinski definition) is 1. The fourth-order valence-electron chi connectivity index (χ4n) is 4.56. The fraction of sp³-hybridized carbons (Fsp3) is 0.348. The van der Waals surface area contributed by atoms with Crippen LogP contribution in [-0.2, 0) is 9.53 Å². The summed E-state index contributed by atoms with van der Waals surface area (Å²) in [6.45, 7) is 4.65. The maximum absolute atomic E-state index is 12.9. The number of hydrogen-bond acceptors (Lipinski definition) is 4. The summed E-state index contributed by atoms with van der Waals surface area (Å²) < 4.78 is 5.45. The minimum absolute atomic E-state index is 0.00534. The molecule has 9 heteroatoms. The molecule has 3 heterocycles. The first-order valence-electron chi connectivity index (χ1n) is 10.6. The number of benzene rings is 2. The SMILES string of the molecule is CCN1CC2(COC2)N(c2ccc(-c3cccc(N4CCC(=O)NC4=O)c3Cl)cc2)C1=O. The Hall–Kier alpha value is -3.10. The van der Waals surface area contributed by atoms with Gasteiger partial charge in [-0.25, -0.2) is 9.59 Å². The summed E-state index contributed by atoms with van der Waals surface area (Å²) in [6.07, 6.45) is 0.227. The van der Waals surface area contributed by atoms with E-state index in [0.29, 0.717) is 37.0 Å². The van der Waals surface area contributed by atoms with Crippen LogP contribution in [0.5, 0.6) is 0 Å². The Kier molecular flexibility index (Phi) is 5.06. The van der Waals surface area contributed by atoms with E-state index < -0.39 is 6.03 Å². The zero-order valence-corrected chi connectivity index (χ0v) is 18.4. The lowest BCUT2D eigenvalue weighted by Gasteiger charge is -2.43. The van der Waals surface area contributed by atoms with Crippen LogP contribution in [0.1, 0.15) is 13.3 Å². The summed E-state index contributed by atoms with van der Waals surface area (Å²) in [5, 5.41) is 2.76.